The fourth-order valence-corrected chi connectivity index (χ4v) is 13.7. The number of para-hydroxylation sites is 3. The van der Waals surface area contributed by atoms with Gasteiger partial charge in [-0.1, -0.05) is 136 Å². The van der Waals surface area contributed by atoms with Gasteiger partial charge in [-0.05, 0) is 78.1 Å². The zero-order valence-electron chi connectivity index (χ0n) is 28.1. The number of benzene rings is 7. The molecule has 0 bridgehead atoms. The molecule has 1 aliphatic carbocycles. The first-order valence-corrected chi connectivity index (χ1v) is 20.7. The molecule has 7 aromatic carbocycles. The van der Waals surface area contributed by atoms with Gasteiger partial charge in [-0.15, -0.1) is 0 Å². The van der Waals surface area contributed by atoms with Crippen LogP contribution >= 0.6 is 0 Å². The number of nitrogens with zero attached hydrogens (tertiary/aromatic N) is 2. The molecule has 0 spiro atoms. The van der Waals surface area contributed by atoms with Crippen molar-refractivity contribution >= 4 is 85.9 Å². The molecule has 0 saturated carbocycles. The lowest BCUT2D eigenvalue weighted by Gasteiger charge is -2.49. The van der Waals surface area contributed by atoms with Gasteiger partial charge < -0.3 is 9.38 Å². The molecule has 2 nitrogen and oxygen atoms in total. The second-order valence-corrected chi connectivity index (χ2v) is 20.0. The van der Waals surface area contributed by atoms with Crippen LogP contribution in [0.3, 0.4) is 0 Å². The maximum absolute atomic E-state index is 2.74. The van der Waals surface area contributed by atoms with E-state index in [0.717, 1.165) is 0 Å². The number of hydrogen-bond acceptors (Lipinski definition) is 1. The summed E-state index contributed by atoms with van der Waals surface area (Å²) < 4.78 is 2.74. The Bertz CT molecular complexity index is 2860. The first-order valence-electron chi connectivity index (χ1n) is 17.7. The molecule has 230 valence electrons. The van der Waals surface area contributed by atoms with Crippen LogP contribution < -0.4 is 26.2 Å². The monoisotopic (exact) mass is 640 g/mol. The van der Waals surface area contributed by atoms with Gasteiger partial charge in [0.05, 0.1) is 0 Å². The molecule has 0 saturated heterocycles. The van der Waals surface area contributed by atoms with Crippen LogP contribution in [-0.2, 0) is 5.41 Å². The third-order valence-electron chi connectivity index (χ3n) is 12.7. The summed E-state index contributed by atoms with van der Waals surface area (Å²) in [6.07, 6.45) is 0. The highest BCUT2D eigenvalue weighted by atomic mass is 28.3. The molecule has 0 radical (unpaired) electrons. The van der Waals surface area contributed by atoms with E-state index in [2.05, 4.69) is 164 Å². The van der Waals surface area contributed by atoms with Crippen LogP contribution in [0.2, 0.25) is 13.1 Å². The number of fused-ring (bicyclic) bond motifs is 15. The van der Waals surface area contributed by atoms with E-state index in [1.165, 1.54) is 99.1 Å². The first kappa shape index (κ1) is 26.6. The van der Waals surface area contributed by atoms with Gasteiger partial charge in [0.1, 0.15) is 8.07 Å². The summed E-state index contributed by atoms with van der Waals surface area (Å²) in [6, 6.07) is 49.0. The van der Waals surface area contributed by atoms with Crippen molar-refractivity contribution in [3.8, 4) is 22.3 Å². The van der Waals surface area contributed by atoms with Crippen LogP contribution in [0.25, 0.3) is 54.8 Å². The van der Waals surface area contributed by atoms with Gasteiger partial charge >= 0.3 is 6.85 Å². The molecule has 4 heteroatoms. The van der Waals surface area contributed by atoms with Crippen LogP contribution in [0.15, 0.2) is 127 Å². The van der Waals surface area contributed by atoms with Gasteiger partial charge in [0.25, 0.3) is 0 Å². The summed E-state index contributed by atoms with van der Waals surface area (Å²) in [5.41, 5.74) is 18.0. The van der Waals surface area contributed by atoms with Crippen LogP contribution in [0.5, 0.6) is 0 Å². The van der Waals surface area contributed by atoms with Crippen molar-refractivity contribution < 1.29 is 0 Å². The third kappa shape index (κ3) is 2.88. The number of rotatable bonds is 0. The van der Waals surface area contributed by atoms with Crippen LogP contribution in [0.4, 0.5) is 17.1 Å². The molecule has 0 amide bonds. The molecule has 1 aromatic heterocycles. The van der Waals surface area contributed by atoms with E-state index in [9.17, 15) is 0 Å². The van der Waals surface area contributed by atoms with Crippen molar-refractivity contribution in [3.05, 3.63) is 139 Å². The second kappa shape index (κ2) is 8.45. The average molecular weight is 641 g/mol. The van der Waals surface area contributed by atoms with E-state index in [0.29, 0.717) is 0 Å². The molecular weight excluding hydrogens is 607 g/mol. The van der Waals surface area contributed by atoms with E-state index in [1.807, 2.05) is 0 Å². The Morgan fingerprint density at radius 3 is 2.27 bits per heavy atom. The molecule has 0 fully saturated rings. The minimum absolute atomic E-state index is 0.0622. The smallest absolute Gasteiger partial charge is 0.333 e. The zero-order valence-corrected chi connectivity index (χ0v) is 29.1. The molecular formula is C45H33BN2Si. The quantitative estimate of drug-likeness (QED) is 0.151. The van der Waals surface area contributed by atoms with E-state index < -0.39 is 8.07 Å². The third-order valence-corrected chi connectivity index (χ3v) is 16.2. The Labute approximate surface area is 287 Å². The summed E-state index contributed by atoms with van der Waals surface area (Å²) in [7, 11) is -2.03. The highest BCUT2D eigenvalue weighted by molar-refractivity contribution is 7.04. The lowest BCUT2D eigenvalue weighted by Crippen LogP contribution is -2.65. The normalized spacial score (nSPS) is 16.4. The molecule has 0 unspecified atom stereocenters. The van der Waals surface area contributed by atoms with Crippen LogP contribution in [-0.4, -0.2) is 19.4 Å². The Hall–Kier alpha value is -5.32. The van der Waals surface area contributed by atoms with Crippen molar-refractivity contribution in [2.24, 2.45) is 0 Å². The van der Waals surface area contributed by atoms with E-state index in [4.69, 9.17) is 0 Å². The molecule has 4 heterocycles. The fraction of sp³-hybridized carbons (Fsp3) is 0.111. The van der Waals surface area contributed by atoms with Crippen molar-refractivity contribution in [1.29, 1.82) is 0 Å². The Kier molecular flexibility index (Phi) is 4.59. The summed E-state index contributed by atoms with van der Waals surface area (Å²) in [5, 5.41) is 8.41. The SMILES string of the molecule is CC1(C)c2ccccc2-c2cc3c4c(c21)N1c2ccccc2[Si](C)(C)c2cccc(c21)B4n1c2ccc4ccccc4c2c2cccc-3c21. The van der Waals surface area contributed by atoms with Crippen molar-refractivity contribution in [1.82, 2.24) is 4.48 Å². The lowest BCUT2D eigenvalue weighted by atomic mass is 9.44. The van der Waals surface area contributed by atoms with Crippen LogP contribution in [0.1, 0.15) is 25.0 Å². The standard InChI is InChI=1S/C45H33BN2Si/c1-45(2)33-18-8-7-15-28(33)31-25-32-29-16-11-17-30-39-27-14-6-5-13-26(27)23-24-36(39)48(42(29)30)46-34-19-12-22-38-43(34)47(44(40(31)45)41(32)46)35-20-9-10-21-37(35)49(38,3)4/h5-25H,1-4H3. The number of aromatic nitrogens is 1. The predicted octanol–water partition coefficient (Wildman–Crippen LogP) is 8.81. The van der Waals surface area contributed by atoms with Gasteiger partial charge in [0.2, 0.25) is 0 Å². The zero-order chi connectivity index (χ0) is 32.6. The second-order valence-electron chi connectivity index (χ2n) is 15.7. The Balaban J connectivity index is 1.34. The van der Waals surface area contributed by atoms with Gasteiger partial charge in [-0.2, -0.15) is 0 Å². The molecule has 3 aliphatic heterocycles. The largest absolute Gasteiger partial charge is 0.375 e. The summed E-state index contributed by atoms with van der Waals surface area (Å²) in [6.45, 7) is 10.1. The minimum atomic E-state index is -2.03. The van der Waals surface area contributed by atoms with Gasteiger partial charge in [-0.25, -0.2) is 0 Å². The number of hydrogen-bond donors (Lipinski definition) is 0. The van der Waals surface area contributed by atoms with E-state index in [-0.39, 0.29) is 12.3 Å². The summed E-state index contributed by atoms with van der Waals surface area (Å²) in [5.74, 6) is 0. The molecule has 4 aliphatic rings. The fourth-order valence-electron chi connectivity index (χ4n) is 10.7. The molecule has 0 N–H and O–H groups in total. The van der Waals surface area contributed by atoms with E-state index in [1.54, 1.807) is 5.19 Å². The van der Waals surface area contributed by atoms with Crippen molar-refractivity contribution in [2.45, 2.75) is 32.4 Å². The van der Waals surface area contributed by atoms with E-state index >= 15 is 0 Å². The van der Waals surface area contributed by atoms with Crippen molar-refractivity contribution in [2.75, 3.05) is 4.90 Å². The topological polar surface area (TPSA) is 8.17 Å². The van der Waals surface area contributed by atoms with Crippen molar-refractivity contribution in [3.63, 3.8) is 0 Å². The predicted molar refractivity (Wildman–Crippen MR) is 212 cm³/mol. The lowest BCUT2D eigenvalue weighted by molar-refractivity contribution is 0.661. The average Bonchev–Trinajstić information content (AvgIpc) is 3.58. The first-order chi connectivity index (χ1) is 23.9. The molecule has 0 atom stereocenters. The Morgan fingerprint density at radius 1 is 0.612 bits per heavy atom. The Morgan fingerprint density at radius 2 is 1.35 bits per heavy atom. The maximum atomic E-state index is 2.74. The number of anilines is 3. The maximum Gasteiger partial charge on any atom is 0.333 e. The summed E-state index contributed by atoms with van der Waals surface area (Å²) in [4.78, 5) is 2.73. The molecule has 12 rings (SSSR count). The summed E-state index contributed by atoms with van der Waals surface area (Å²) >= 11 is 0. The molecule has 49 heavy (non-hydrogen) atoms. The molecule has 8 aromatic rings. The highest BCUT2D eigenvalue weighted by Crippen LogP contribution is 2.57. The van der Waals surface area contributed by atoms with Crippen LogP contribution in [0, 0.1) is 0 Å². The van der Waals surface area contributed by atoms with Gasteiger partial charge in [0, 0.05) is 49.8 Å². The highest BCUT2D eigenvalue weighted by Gasteiger charge is 2.52. The van der Waals surface area contributed by atoms with Gasteiger partial charge in [-0.3, -0.25) is 0 Å². The van der Waals surface area contributed by atoms with Gasteiger partial charge in [0.15, 0.2) is 0 Å². The minimum Gasteiger partial charge on any atom is -0.375 e.